The van der Waals surface area contributed by atoms with E-state index in [1.54, 1.807) is 30.5 Å². The number of hydrogen-bond acceptors (Lipinski definition) is 3. The molecule has 5 nitrogen and oxygen atoms in total. The number of amides is 2. The van der Waals surface area contributed by atoms with Gasteiger partial charge < -0.3 is 10.2 Å². The molecule has 1 aliphatic rings. The van der Waals surface area contributed by atoms with E-state index >= 15 is 0 Å². The number of anilines is 1. The number of likely N-dealkylation sites (tertiary alicyclic amines) is 1. The number of hydrogen-bond donors (Lipinski definition) is 1. The normalized spacial score (nSPS) is 15.5. The summed E-state index contributed by atoms with van der Waals surface area (Å²) in [6.45, 7) is 0.628. The molecule has 1 aromatic heterocycles. The van der Waals surface area contributed by atoms with Crippen LogP contribution in [0.5, 0.6) is 0 Å². The first-order valence-electron chi connectivity index (χ1n) is 10.9. The van der Waals surface area contributed by atoms with Crippen molar-refractivity contribution in [2.75, 3.05) is 11.9 Å². The molecule has 1 fully saturated rings. The smallest absolute Gasteiger partial charge is 0.256 e. The predicted molar refractivity (Wildman–Crippen MR) is 131 cm³/mol. The van der Waals surface area contributed by atoms with Crippen LogP contribution in [0.3, 0.4) is 0 Å². The topological polar surface area (TPSA) is 62.3 Å². The summed E-state index contributed by atoms with van der Waals surface area (Å²) in [6, 6.07) is 24.0. The summed E-state index contributed by atoms with van der Waals surface area (Å²) < 4.78 is 0. The van der Waals surface area contributed by atoms with Crippen LogP contribution in [0.15, 0.2) is 85.1 Å². The van der Waals surface area contributed by atoms with Crippen molar-refractivity contribution in [3.05, 3.63) is 107 Å². The van der Waals surface area contributed by atoms with Crippen LogP contribution in [-0.4, -0.2) is 28.2 Å². The summed E-state index contributed by atoms with van der Waals surface area (Å²) in [6.07, 6.45) is 3.48. The van der Waals surface area contributed by atoms with Crippen LogP contribution < -0.4 is 5.32 Å². The molecule has 1 aliphatic heterocycles. The Hall–Kier alpha value is -3.70. The third-order valence-corrected chi connectivity index (χ3v) is 6.27. The summed E-state index contributed by atoms with van der Waals surface area (Å²) in [5.74, 6) is -0.440. The lowest BCUT2D eigenvalue weighted by molar-refractivity contribution is 0.0734. The second-order valence-corrected chi connectivity index (χ2v) is 8.52. The zero-order chi connectivity index (χ0) is 22.8. The van der Waals surface area contributed by atoms with Crippen molar-refractivity contribution in [1.82, 2.24) is 9.88 Å². The molecule has 0 radical (unpaired) electrons. The number of nitrogens with one attached hydrogen (secondary N) is 1. The minimum absolute atomic E-state index is 0.0979. The molecule has 0 saturated carbocycles. The first-order chi connectivity index (χ1) is 16.1. The van der Waals surface area contributed by atoms with Crippen LogP contribution in [0.2, 0.25) is 5.02 Å². The monoisotopic (exact) mass is 455 g/mol. The molecule has 6 heteroatoms. The van der Waals surface area contributed by atoms with Gasteiger partial charge in [-0.15, -0.1) is 0 Å². The minimum atomic E-state index is -0.272. The summed E-state index contributed by atoms with van der Waals surface area (Å²) >= 11 is 6.26. The molecule has 5 rings (SSSR count). The standard InChI is InChI=1S/C27H22ClN3O2/c28-19-13-14-23(30-26(32)21-10-5-8-18-7-1-2-9-20(18)21)22(17-19)27(33)31-16-6-12-25(31)24-11-3-4-15-29-24/h1-5,7-11,13-15,17,25H,6,12,16H2,(H,30,32). The van der Waals surface area contributed by atoms with Gasteiger partial charge in [0.05, 0.1) is 23.0 Å². The van der Waals surface area contributed by atoms with E-state index in [9.17, 15) is 9.59 Å². The molecule has 0 aliphatic carbocycles. The fourth-order valence-electron chi connectivity index (χ4n) is 4.46. The Morgan fingerprint density at radius 3 is 2.61 bits per heavy atom. The molecule has 2 amide bonds. The molecule has 4 aromatic rings. The summed E-state index contributed by atoms with van der Waals surface area (Å²) in [7, 11) is 0. The first kappa shape index (κ1) is 21.2. The van der Waals surface area contributed by atoms with Crippen molar-refractivity contribution in [2.24, 2.45) is 0 Å². The largest absolute Gasteiger partial charge is 0.330 e. The van der Waals surface area contributed by atoms with Crippen molar-refractivity contribution < 1.29 is 9.59 Å². The summed E-state index contributed by atoms with van der Waals surface area (Å²) in [5.41, 5.74) is 2.23. The molecule has 164 valence electrons. The fraction of sp³-hybridized carbons (Fsp3) is 0.148. The second kappa shape index (κ2) is 9.04. The van der Waals surface area contributed by atoms with Crippen molar-refractivity contribution in [3.8, 4) is 0 Å². The molecule has 0 bridgehead atoms. The van der Waals surface area contributed by atoms with Gasteiger partial charge in [0.1, 0.15) is 0 Å². The van der Waals surface area contributed by atoms with Crippen LogP contribution in [0, 0.1) is 0 Å². The lowest BCUT2D eigenvalue weighted by atomic mass is 10.0. The van der Waals surface area contributed by atoms with Gasteiger partial charge in [0, 0.05) is 23.3 Å². The number of aromatic nitrogens is 1. The highest BCUT2D eigenvalue weighted by Crippen LogP contribution is 2.34. The fourth-order valence-corrected chi connectivity index (χ4v) is 4.63. The molecule has 33 heavy (non-hydrogen) atoms. The number of carbonyl (C=O) groups is 2. The van der Waals surface area contributed by atoms with Crippen LogP contribution >= 0.6 is 11.6 Å². The van der Waals surface area contributed by atoms with Crippen LogP contribution in [0.1, 0.15) is 45.3 Å². The molecule has 3 aromatic carbocycles. The average Bonchev–Trinajstić information content (AvgIpc) is 3.35. The lowest BCUT2D eigenvalue weighted by Gasteiger charge is -2.25. The van der Waals surface area contributed by atoms with Crippen molar-refractivity contribution in [1.29, 1.82) is 0 Å². The molecular formula is C27H22ClN3O2. The molecule has 1 unspecified atom stereocenters. The number of carbonyl (C=O) groups excluding carboxylic acids is 2. The highest BCUT2D eigenvalue weighted by molar-refractivity contribution is 6.31. The Morgan fingerprint density at radius 2 is 1.76 bits per heavy atom. The van der Waals surface area contributed by atoms with Gasteiger partial charge in [-0.2, -0.15) is 0 Å². The highest BCUT2D eigenvalue weighted by atomic mass is 35.5. The minimum Gasteiger partial charge on any atom is -0.330 e. The Balaban J connectivity index is 1.47. The maximum absolute atomic E-state index is 13.6. The third kappa shape index (κ3) is 4.20. The van der Waals surface area contributed by atoms with Gasteiger partial charge in [0.15, 0.2) is 0 Å². The van der Waals surface area contributed by atoms with Gasteiger partial charge in [-0.25, -0.2) is 0 Å². The van der Waals surface area contributed by atoms with Gasteiger partial charge in [-0.3, -0.25) is 14.6 Å². The molecule has 0 spiro atoms. The van der Waals surface area contributed by atoms with Crippen LogP contribution in [-0.2, 0) is 0 Å². The number of pyridine rings is 1. The van der Waals surface area contributed by atoms with Gasteiger partial charge >= 0.3 is 0 Å². The Kier molecular flexibility index (Phi) is 5.80. The maximum Gasteiger partial charge on any atom is 0.256 e. The molecule has 1 N–H and O–H groups in total. The van der Waals surface area contributed by atoms with Gasteiger partial charge in [0.2, 0.25) is 0 Å². The van der Waals surface area contributed by atoms with E-state index in [1.807, 2.05) is 59.5 Å². The first-order valence-corrected chi connectivity index (χ1v) is 11.3. The number of rotatable bonds is 4. The van der Waals surface area contributed by atoms with Crippen molar-refractivity contribution in [2.45, 2.75) is 18.9 Å². The van der Waals surface area contributed by atoms with Crippen LogP contribution in [0.25, 0.3) is 10.8 Å². The van der Waals surface area contributed by atoms with E-state index in [0.717, 1.165) is 29.3 Å². The maximum atomic E-state index is 13.6. The zero-order valence-electron chi connectivity index (χ0n) is 17.9. The number of fused-ring (bicyclic) bond motifs is 1. The quantitative estimate of drug-likeness (QED) is 0.403. The summed E-state index contributed by atoms with van der Waals surface area (Å²) in [4.78, 5) is 33.1. The van der Waals surface area contributed by atoms with Crippen LogP contribution in [0.4, 0.5) is 5.69 Å². The zero-order valence-corrected chi connectivity index (χ0v) is 18.6. The van der Waals surface area contributed by atoms with E-state index in [1.165, 1.54) is 0 Å². The number of nitrogens with zero attached hydrogens (tertiary/aromatic N) is 2. The number of halogens is 1. The Labute approximate surface area is 197 Å². The molecule has 2 heterocycles. The van der Waals surface area contributed by atoms with E-state index in [0.29, 0.717) is 28.4 Å². The summed E-state index contributed by atoms with van der Waals surface area (Å²) in [5, 5.41) is 5.22. The van der Waals surface area contributed by atoms with Gasteiger partial charge in [-0.05, 0) is 60.0 Å². The molecular weight excluding hydrogens is 434 g/mol. The van der Waals surface area contributed by atoms with E-state index in [2.05, 4.69) is 10.3 Å². The Bertz CT molecular complexity index is 1330. The third-order valence-electron chi connectivity index (χ3n) is 6.04. The van der Waals surface area contributed by atoms with E-state index < -0.39 is 0 Å². The predicted octanol–water partition coefficient (Wildman–Crippen LogP) is 6.12. The number of benzene rings is 3. The second-order valence-electron chi connectivity index (χ2n) is 8.08. The molecule has 1 atom stereocenters. The SMILES string of the molecule is O=C(Nc1ccc(Cl)cc1C(=O)N1CCCC1c1ccccn1)c1cccc2ccccc12. The lowest BCUT2D eigenvalue weighted by Crippen LogP contribution is -2.32. The van der Waals surface area contributed by atoms with Crippen molar-refractivity contribution >= 4 is 39.9 Å². The average molecular weight is 456 g/mol. The van der Waals surface area contributed by atoms with Crippen molar-refractivity contribution in [3.63, 3.8) is 0 Å². The van der Waals surface area contributed by atoms with Gasteiger partial charge in [0.25, 0.3) is 11.8 Å². The molecule has 1 saturated heterocycles. The highest BCUT2D eigenvalue weighted by Gasteiger charge is 2.32. The van der Waals surface area contributed by atoms with E-state index in [4.69, 9.17) is 11.6 Å². The Morgan fingerprint density at radius 1 is 0.939 bits per heavy atom. The van der Waals surface area contributed by atoms with E-state index in [-0.39, 0.29) is 17.9 Å². The van der Waals surface area contributed by atoms with Gasteiger partial charge in [-0.1, -0.05) is 54.1 Å².